The fourth-order valence-electron chi connectivity index (χ4n) is 4.12. The molecule has 4 N–H and O–H groups in total. The van der Waals surface area contributed by atoms with Crippen LogP contribution in [-0.4, -0.2) is 54.1 Å². The summed E-state index contributed by atoms with van der Waals surface area (Å²) in [5, 5.41) is 6.25. The normalized spacial score (nSPS) is 18.0. The third-order valence-corrected chi connectivity index (χ3v) is 5.99. The summed E-state index contributed by atoms with van der Waals surface area (Å²) >= 11 is 0. The van der Waals surface area contributed by atoms with Crippen molar-refractivity contribution in [2.24, 2.45) is 5.73 Å². The molecule has 0 spiro atoms. The molecule has 1 aliphatic carbocycles. The zero-order chi connectivity index (χ0) is 23.4. The van der Waals surface area contributed by atoms with Crippen LogP contribution in [0.15, 0.2) is 42.6 Å². The van der Waals surface area contributed by atoms with E-state index >= 15 is 0 Å². The van der Waals surface area contributed by atoms with Crippen molar-refractivity contribution >= 4 is 23.3 Å². The number of nitrogens with two attached hydrogens (primary N) is 1. The predicted molar refractivity (Wildman–Crippen MR) is 125 cm³/mol. The molecular weight excluding hydrogens is 422 g/mol. The molecule has 0 atom stereocenters. The summed E-state index contributed by atoms with van der Waals surface area (Å²) in [4.78, 5) is 29.7. The van der Waals surface area contributed by atoms with Gasteiger partial charge in [-0.2, -0.15) is 0 Å². The Kier molecular flexibility index (Phi) is 6.79. The SMILES string of the molecule is COC(=O)CNc1c(-c2ccc(OC)cc2)nc2c(C(=O)NC3CCC(N)CC3)cccn12. The van der Waals surface area contributed by atoms with Gasteiger partial charge in [-0.1, -0.05) is 0 Å². The zero-order valence-corrected chi connectivity index (χ0v) is 18.8. The molecule has 9 heteroatoms. The molecule has 1 aromatic carbocycles. The van der Waals surface area contributed by atoms with Crippen LogP contribution in [-0.2, 0) is 9.53 Å². The quantitative estimate of drug-likeness (QED) is 0.472. The Morgan fingerprint density at radius 3 is 2.52 bits per heavy atom. The van der Waals surface area contributed by atoms with E-state index in [2.05, 4.69) is 10.6 Å². The molecule has 1 saturated carbocycles. The fourth-order valence-corrected chi connectivity index (χ4v) is 4.12. The van der Waals surface area contributed by atoms with Gasteiger partial charge in [0.15, 0.2) is 5.65 Å². The maximum absolute atomic E-state index is 13.2. The summed E-state index contributed by atoms with van der Waals surface area (Å²) in [6.45, 7) is -0.0355. The highest BCUT2D eigenvalue weighted by Crippen LogP contribution is 2.31. The number of carbonyl (C=O) groups is 2. The van der Waals surface area contributed by atoms with Crippen molar-refractivity contribution in [3.8, 4) is 17.0 Å². The van der Waals surface area contributed by atoms with Gasteiger partial charge in [-0.15, -0.1) is 0 Å². The molecule has 33 heavy (non-hydrogen) atoms. The smallest absolute Gasteiger partial charge is 0.325 e. The summed E-state index contributed by atoms with van der Waals surface area (Å²) in [6.07, 6.45) is 5.36. The average molecular weight is 452 g/mol. The van der Waals surface area contributed by atoms with E-state index < -0.39 is 5.97 Å². The molecule has 3 aromatic rings. The van der Waals surface area contributed by atoms with Crippen LogP contribution in [0.5, 0.6) is 5.75 Å². The summed E-state index contributed by atoms with van der Waals surface area (Å²) < 4.78 is 11.8. The minimum atomic E-state index is -0.407. The van der Waals surface area contributed by atoms with Crippen LogP contribution in [0.3, 0.4) is 0 Å². The van der Waals surface area contributed by atoms with E-state index in [9.17, 15) is 9.59 Å². The van der Waals surface area contributed by atoms with Crippen molar-refractivity contribution in [3.63, 3.8) is 0 Å². The number of fused-ring (bicyclic) bond motifs is 1. The second-order valence-corrected chi connectivity index (χ2v) is 8.17. The van der Waals surface area contributed by atoms with Gasteiger partial charge in [0.25, 0.3) is 5.91 Å². The maximum Gasteiger partial charge on any atom is 0.325 e. The van der Waals surface area contributed by atoms with E-state index in [0.717, 1.165) is 37.0 Å². The zero-order valence-electron chi connectivity index (χ0n) is 18.8. The van der Waals surface area contributed by atoms with Crippen LogP contribution < -0.4 is 21.1 Å². The minimum absolute atomic E-state index is 0.0355. The largest absolute Gasteiger partial charge is 0.497 e. The first-order valence-electron chi connectivity index (χ1n) is 11.0. The lowest BCUT2D eigenvalue weighted by atomic mass is 9.91. The molecule has 9 nitrogen and oxygen atoms in total. The monoisotopic (exact) mass is 451 g/mol. The number of pyridine rings is 1. The number of methoxy groups -OCH3 is 2. The lowest BCUT2D eigenvalue weighted by Crippen LogP contribution is -2.40. The minimum Gasteiger partial charge on any atom is -0.497 e. The molecule has 174 valence electrons. The number of carbonyl (C=O) groups excluding carboxylic acids is 2. The van der Waals surface area contributed by atoms with E-state index in [4.69, 9.17) is 20.2 Å². The van der Waals surface area contributed by atoms with E-state index in [1.807, 2.05) is 30.5 Å². The third-order valence-electron chi connectivity index (χ3n) is 5.99. The van der Waals surface area contributed by atoms with E-state index in [1.54, 1.807) is 23.6 Å². The highest BCUT2D eigenvalue weighted by atomic mass is 16.5. The van der Waals surface area contributed by atoms with Gasteiger partial charge in [0.2, 0.25) is 0 Å². The van der Waals surface area contributed by atoms with Crippen LogP contribution in [0.1, 0.15) is 36.0 Å². The fraction of sp³-hybridized carbons (Fsp3) is 0.375. The van der Waals surface area contributed by atoms with E-state index in [-0.39, 0.29) is 24.5 Å². The van der Waals surface area contributed by atoms with Crippen molar-refractivity contribution in [1.82, 2.24) is 14.7 Å². The number of hydrogen-bond donors (Lipinski definition) is 3. The number of anilines is 1. The Labute approximate surface area is 192 Å². The number of rotatable bonds is 7. The molecular formula is C24H29N5O4. The topological polar surface area (TPSA) is 120 Å². The molecule has 0 bridgehead atoms. The molecule has 4 rings (SSSR count). The Morgan fingerprint density at radius 1 is 1.12 bits per heavy atom. The van der Waals surface area contributed by atoms with E-state index in [0.29, 0.717) is 22.7 Å². The van der Waals surface area contributed by atoms with Crippen molar-refractivity contribution in [2.75, 3.05) is 26.1 Å². The number of nitrogens with one attached hydrogen (secondary N) is 2. The molecule has 0 radical (unpaired) electrons. The number of nitrogens with zero attached hydrogens (tertiary/aromatic N) is 2. The van der Waals surface area contributed by atoms with Crippen molar-refractivity contribution in [3.05, 3.63) is 48.2 Å². The summed E-state index contributed by atoms with van der Waals surface area (Å²) in [6, 6.07) is 11.3. The highest BCUT2D eigenvalue weighted by Gasteiger charge is 2.24. The summed E-state index contributed by atoms with van der Waals surface area (Å²) in [7, 11) is 2.94. The number of amides is 1. The number of benzene rings is 1. The first kappa shape index (κ1) is 22.6. The van der Waals surface area contributed by atoms with Gasteiger partial charge in [0.05, 0.1) is 19.8 Å². The molecule has 1 fully saturated rings. The lowest BCUT2D eigenvalue weighted by molar-refractivity contribution is -0.138. The standard InChI is InChI=1S/C24H29N5O4/c1-32-18-11-5-15(6-12-18)21-23(26-14-20(30)33-2)29-13-3-4-19(22(29)28-21)24(31)27-17-9-7-16(25)8-10-17/h3-6,11-13,16-17,26H,7-10,14,25H2,1-2H3,(H,27,31). The van der Waals surface area contributed by atoms with E-state index in [1.165, 1.54) is 7.11 Å². The Hall–Kier alpha value is -3.59. The van der Waals surface area contributed by atoms with Gasteiger partial charge in [-0.25, -0.2) is 4.98 Å². The van der Waals surface area contributed by atoms with Crippen molar-refractivity contribution in [1.29, 1.82) is 0 Å². The highest BCUT2D eigenvalue weighted by molar-refractivity contribution is 6.01. The predicted octanol–water partition coefficient (Wildman–Crippen LogP) is 2.59. The molecule has 0 aliphatic heterocycles. The average Bonchev–Trinajstić information content (AvgIpc) is 3.22. The van der Waals surface area contributed by atoms with Crippen LogP contribution in [0, 0.1) is 0 Å². The van der Waals surface area contributed by atoms with Crippen LogP contribution in [0.2, 0.25) is 0 Å². The summed E-state index contributed by atoms with van der Waals surface area (Å²) in [5.74, 6) is 0.736. The van der Waals surface area contributed by atoms with Gasteiger partial charge in [-0.3, -0.25) is 14.0 Å². The molecule has 2 aromatic heterocycles. The Morgan fingerprint density at radius 2 is 1.85 bits per heavy atom. The second kappa shape index (κ2) is 9.91. The van der Waals surface area contributed by atoms with Crippen LogP contribution in [0.4, 0.5) is 5.82 Å². The van der Waals surface area contributed by atoms with Gasteiger partial charge in [0.1, 0.15) is 23.8 Å². The number of hydrogen-bond acceptors (Lipinski definition) is 7. The van der Waals surface area contributed by atoms with Crippen molar-refractivity contribution < 1.29 is 19.1 Å². The number of imidazole rings is 1. The van der Waals surface area contributed by atoms with Crippen molar-refractivity contribution in [2.45, 2.75) is 37.8 Å². The van der Waals surface area contributed by atoms with Gasteiger partial charge in [-0.05, 0) is 62.1 Å². The van der Waals surface area contributed by atoms with Gasteiger partial charge in [0, 0.05) is 23.8 Å². The second-order valence-electron chi connectivity index (χ2n) is 8.17. The molecule has 1 amide bonds. The first-order chi connectivity index (χ1) is 16.0. The van der Waals surface area contributed by atoms with Crippen LogP contribution >= 0.6 is 0 Å². The first-order valence-corrected chi connectivity index (χ1v) is 11.0. The van der Waals surface area contributed by atoms with Gasteiger partial charge >= 0.3 is 5.97 Å². The molecule has 1 aliphatic rings. The molecule has 0 saturated heterocycles. The lowest BCUT2D eigenvalue weighted by Gasteiger charge is -2.26. The number of esters is 1. The maximum atomic E-state index is 13.2. The third kappa shape index (κ3) is 4.93. The molecule has 2 heterocycles. The van der Waals surface area contributed by atoms with Gasteiger partial charge < -0.3 is 25.8 Å². The Bertz CT molecular complexity index is 1130. The Balaban J connectivity index is 1.71. The molecule has 0 unspecified atom stereocenters. The van der Waals surface area contributed by atoms with Crippen LogP contribution in [0.25, 0.3) is 16.9 Å². The summed E-state index contributed by atoms with van der Waals surface area (Å²) in [5.41, 5.74) is 8.39. The number of ether oxygens (including phenoxy) is 2. The number of aromatic nitrogens is 2.